The van der Waals surface area contributed by atoms with Gasteiger partial charge in [-0.3, -0.25) is 9.59 Å². The van der Waals surface area contributed by atoms with Gasteiger partial charge in [0.2, 0.25) is 0 Å². The Morgan fingerprint density at radius 3 is 2.29 bits per heavy atom. The van der Waals surface area contributed by atoms with Crippen LogP contribution in [-0.2, 0) is 11.3 Å². The van der Waals surface area contributed by atoms with Crippen LogP contribution in [0.25, 0.3) is 11.1 Å². The summed E-state index contributed by atoms with van der Waals surface area (Å²) >= 11 is 0. The minimum absolute atomic E-state index is 0.0619. The number of aryl methyl sites for hydroxylation is 1. The summed E-state index contributed by atoms with van der Waals surface area (Å²) in [7, 11) is 0. The molecule has 4 rings (SSSR count). The molecule has 0 unspecified atom stereocenters. The van der Waals surface area contributed by atoms with Crippen molar-refractivity contribution < 1.29 is 14.3 Å². The number of hydrogen-bond acceptors (Lipinski definition) is 3. The lowest BCUT2D eigenvalue weighted by atomic mass is 10.0. The van der Waals surface area contributed by atoms with Gasteiger partial charge >= 0.3 is 0 Å². The second-order valence-corrected chi connectivity index (χ2v) is 7.90. The van der Waals surface area contributed by atoms with Crippen LogP contribution in [0.15, 0.2) is 72.8 Å². The molecule has 0 saturated heterocycles. The number of rotatable bonds is 8. The van der Waals surface area contributed by atoms with Gasteiger partial charge in [0.1, 0.15) is 5.75 Å². The number of nitrogens with one attached hydrogen (secondary N) is 2. The van der Waals surface area contributed by atoms with Gasteiger partial charge in [-0.25, -0.2) is 0 Å². The molecule has 0 aliphatic heterocycles. The first-order chi connectivity index (χ1) is 15.1. The van der Waals surface area contributed by atoms with Crippen LogP contribution in [0.5, 0.6) is 5.75 Å². The Morgan fingerprint density at radius 1 is 0.935 bits per heavy atom. The van der Waals surface area contributed by atoms with Crippen molar-refractivity contribution in [2.24, 2.45) is 0 Å². The SMILES string of the molecule is Cc1ccc(-c2ccc(OCC(=O)NCc3cccc(C(=O)NC4CC4)c3)cc2)cc1. The third-order valence-corrected chi connectivity index (χ3v) is 5.20. The summed E-state index contributed by atoms with van der Waals surface area (Å²) in [6.45, 7) is 2.35. The molecule has 3 aromatic rings. The largest absolute Gasteiger partial charge is 0.484 e. The van der Waals surface area contributed by atoms with Crippen LogP contribution >= 0.6 is 0 Å². The van der Waals surface area contributed by atoms with Crippen molar-refractivity contribution in [2.75, 3.05) is 6.61 Å². The molecule has 0 radical (unpaired) electrons. The van der Waals surface area contributed by atoms with E-state index in [1.165, 1.54) is 5.56 Å². The standard InChI is InChI=1S/C26H26N2O3/c1-18-5-7-20(8-6-18)21-9-13-24(14-10-21)31-17-25(29)27-16-19-3-2-4-22(15-19)26(30)28-23-11-12-23/h2-10,13-15,23H,11-12,16-17H2,1H3,(H,27,29)(H,28,30). The van der Waals surface area contributed by atoms with Crippen LogP contribution in [0.1, 0.15) is 34.3 Å². The number of carbonyl (C=O) groups is 2. The molecule has 158 valence electrons. The van der Waals surface area contributed by atoms with Crippen LogP contribution in [0.3, 0.4) is 0 Å². The predicted molar refractivity (Wildman–Crippen MR) is 121 cm³/mol. The van der Waals surface area contributed by atoms with E-state index in [0.717, 1.165) is 29.5 Å². The van der Waals surface area contributed by atoms with E-state index in [2.05, 4.69) is 41.8 Å². The number of carbonyl (C=O) groups excluding carboxylic acids is 2. The maximum absolute atomic E-state index is 12.2. The van der Waals surface area contributed by atoms with Gasteiger partial charge in [0.15, 0.2) is 6.61 Å². The van der Waals surface area contributed by atoms with Gasteiger partial charge < -0.3 is 15.4 Å². The number of benzene rings is 3. The van der Waals surface area contributed by atoms with Crippen LogP contribution < -0.4 is 15.4 Å². The maximum Gasteiger partial charge on any atom is 0.258 e. The van der Waals surface area contributed by atoms with Crippen LogP contribution in [0.4, 0.5) is 0 Å². The molecule has 2 amide bonds. The fourth-order valence-electron chi connectivity index (χ4n) is 3.21. The molecule has 0 atom stereocenters. The Hall–Kier alpha value is -3.60. The summed E-state index contributed by atoms with van der Waals surface area (Å²) < 4.78 is 5.60. The normalized spacial score (nSPS) is 12.8. The highest BCUT2D eigenvalue weighted by atomic mass is 16.5. The minimum Gasteiger partial charge on any atom is -0.484 e. The van der Waals surface area contributed by atoms with Crippen LogP contribution in [-0.4, -0.2) is 24.5 Å². The van der Waals surface area contributed by atoms with Crippen molar-refractivity contribution >= 4 is 11.8 Å². The molecule has 0 aromatic heterocycles. The smallest absolute Gasteiger partial charge is 0.258 e. The lowest BCUT2D eigenvalue weighted by molar-refractivity contribution is -0.123. The zero-order valence-electron chi connectivity index (χ0n) is 17.6. The molecule has 1 saturated carbocycles. The topological polar surface area (TPSA) is 67.4 Å². The molecule has 5 heteroatoms. The highest BCUT2D eigenvalue weighted by molar-refractivity contribution is 5.94. The zero-order chi connectivity index (χ0) is 21.6. The first kappa shape index (κ1) is 20.7. The second-order valence-electron chi connectivity index (χ2n) is 7.90. The van der Waals surface area contributed by atoms with Gasteiger partial charge in [-0.05, 0) is 60.7 Å². The fraction of sp³-hybridized carbons (Fsp3) is 0.231. The lowest BCUT2D eigenvalue weighted by Crippen LogP contribution is -2.29. The summed E-state index contributed by atoms with van der Waals surface area (Å²) in [5, 5.41) is 5.81. The second kappa shape index (κ2) is 9.47. The minimum atomic E-state index is -0.213. The van der Waals surface area contributed by atoms with Gasteiger partial charge in [0.05, 0.1) is 0 Å². The molecule has 1 aliphatic carbocycles. The molecule has 0 spiro atoms. The number of hydrogen-bond donors (Lipinski definition) is 2. The third kappa shape index (κ3) is 5.95. The van der Waals surface area contributed by atoms with E-state index in [-0.39, 0.29) is 18.4 Å². The average Bonchev–Trinajstić information content (AvgIpc) is 3.61. The van der Waals surface area contributed by atoms with E-state index in [4.69, 9.17) is 4.74 Å². The van der Waals surface area contributed by atoms with Gasteiger partial charge in [-0.2, -0.15) is 0 Å². The highest BCUT2D eigenvalue weighted by Crippen LogP contribution is 2.23. The van der Waals surface area contributed by atoms with E-state index in [9.17, 15) is 9.59 Å². The maximum atomic E-state index is 12.2. The van der Waals surface area contributed by atoms with E-state index in [0.29, 0.717) is 23.9 Å². The van der Waals surface area contributed by atoms with E-state index >= 15 is 0 Å². The lowest BCUT2D eigenvalue weighted by Gasteiger charge is -2.10. The summed E-state index contributed by atoms with van der Waals surface area (Å²) in [5.41, 5.74) is 4.95. The molecule has 1 aliphatic rings. The van der Waals surface area contributed by atoms with Crippen molar-refractivity contribution in [3.8, 4) is 16.9 Å². The molecule has 0 heterocycles. The quantitative estimate of drug-likeness (QED) is 0.579. The van der Waals surface area contributed by atoms with E-state index in [1.807, 2.05) is 42.5 Å². The molecule has 1 fully saturated rings. The van der Waals surface area contributed by atoms with Gasteiger partial charge in [0, 0.05) is 18.2 Å². The number of amides is 2. The van der Waals surface area contributed by atoms with Crippen molar-refractivity contribution in [2.45, 2.75) is 32.4 Å². The number of ether oxygens (including phenoxy) is 1. The summed E-state index contributed by atoms with van der Waals surface area (Å²) in [6, 6.07) is 23.7. The molecular weight excluding hydrogens is 388 g/mol. The predicted octanol–water partition coefficient (Wildman–Crippen LogP) is 4.25. The molecule has 5 nitrogen and oxygen atoms in total. The Bertz CT molecular complexity index is 1050. The van der Waals surface area contributed by atoms with Gasteiger partial charge in [-0.1, -0.05) is 54.1 Å². The molecular formula is C26H26N2O3. The first-order valence-electron chi connectivity index (χ1n) is 10.5. The summed E-state index contributed by atoms with van der Waals surface area (Å²) in [4.78, 5) is 24.3. The van der Waals surface area contributed by atoms with Crippen LogP contribution in [0.2, 0.25) is 0 Å². The van der Waals surface area contributed by atoms with Crippen molar-refractivity contribution in [1.82, 2.24) is 10.6 Å². The Morgan fingerprint density at radius 2 is 1.61 bits per heavy atom. The molecule has 0 bridgehead atoms. The van der Waals surface area contributed by atoms with Crippen molar-refractivity contribution in [1.29, 1.82) is 0 Å². The van der Waals surface area contributed by atoms with Crippen LogP contribution in [0, 0.1) is 6.92 Å². The third-order valence-electron chi connectivity index (χ3n) is 5.20. The average molecular weight is 415 g/mol. The molecule has 31 heavy (non-hydrogen) atoms. The summed E-state index contributed by atoms with van der Waals surface area (Å²) in [6.07, 6.45) is 2.10. The van der Waals surface area contributed by atoms with E-state index in [1.54, 1.807) is 6.07 Å². The van der Waals surface area contributed by atoms with Crippen molar-refractivity contribution in [3.05, 3.63) is 89.5 Å². The van der Waals surface area contributed by atoms with Gasteiger partial charge in [0.25, 0.3) is 11.8 Å². The monoisotopic (exact) mass is 414 g/mol. The molecule has 3 aromatic carbocycles. The Kier molecular flexibility index (Phi) is 6.32. The summed E-state index contributed by atoms with van der Waals surface area (Å²) in [5.74, 6) is 0.369. The van der Waals surface area contributed by atoms with Gasteiger partial charge in [-0.15, -0.1) is 0 Å². The Labute approximate surface area is 182 Å². The molecule has 2 N–H and O–H groups in total. The van der Waals surface area contributed by atoms with Crippen molar-refractivity contribution in [3.63, 3.8) is 0 Å². The fourth-order valence-corrected chi connectivity index (χ4v) is 3.21. The first-order valence-corrected chi connectivity index (χ1v) is 10.5. The van der Waals surface area contributed by atoms with E-state index < -0.39 is 0 Å². The highest BCUT2D eigenvalue weighted by Gasteiger charge is 2.23. The Balaban J connectivity index is 1.25. The zero-order valence-corrected chi connectivity index (χ0v) is 17.6.